The lowest BCUT2D eigenvalue weighted by Gasteiger charge is -2.31. The van der Waals surface area contributed by atoms with Crippen molar-refractivity contribution in [3.63, 3.8) is 0 Å². The number of aromatic nitrogens is 2. The van der Waals surface area contributed by atoms with E-state index in [1.54, 1.807) is 0 Å². The molecule has 168 valence electrons. The van der Waals surface area contributed by atoms with Crippen LogP contribution in [-0.2, 0) is 12.0 Å². The third-order valence-electron chi connectivity index (χ3n) is 6.14. The van der Waals surface area contributed by atoms with Crippen molar-refractivity contribution < 1.29 is 4.79 Å². The molecule has 0 aliphatic heterocycles. The first kappa shape index (κ1) is 22.5. The van der Waals surface area contributed by atoms with Crippen molar-refractivity contribution in [2.75, 3.05) is 0 Å². The van der Waals surface area contributed by atoms with Gasteiger partial charge in [-0.1, -0.05) is 99.1 Å². The molecule has 4 nitrogen and oxygen atoms in total. The molecule has 3 aromatic carbocycles. The van der Waals surface area contributed by atoms with Gasteiger partial charge in [-0.2, -0.15) is 5.10 Å². The summed E-state index contributed by atoms with van der Waals surface area (Å²) >= 11 is 0. The average molecular weight is 438 g/mol. The molecule has 1 N–H and O–H groups in total. The van der Waals surface area contributed by atoms with Crippen LogP contribution in [-0.4, -0.2) is 15.7 Å². The molecule has 0 fully saturated rings. The molecule has 0 spiro atoms. The second kappa shape index (κ2) is 9.86. The first-order valence-corrected chi connectivity index (χ1v) is 11.7. The smallest absolute Gasteiger partial charge is 0.256 e. The van der Waals surface area contributed by atoms with Gasteiger partial charge in [0.1, 0.15) is 5.69 Å². The van der Waals surface area contributed by atoms with Gasteiger partial charge < -0.3 is 5.32 Å². The van der Waals surface area contributed by atoms with E-state index in [0.29, 0.717) is 17.7 Å². The van der Waals surface area contributed by atoms with Crippen LogP contribution >= 0.6 is 0 Å². The summed E-state index contributed by atoms with van der Waals surface area (Å²) in [5, 5.41) is 8.33. The van der Waals surface area contributed by atoms with Crippen molar-refractivity contribution in [3.05, 3.63) is 108 Å². The SMILES string of the molecule is CCCC(C)(NC(=O)c1c(-c2ccccc2)nn(-c2ccccc2)c1CC)c1ccccc1. The van der Waals surface area contributed by atoms with E-state index in [-0.39, 0.29) is 5.91 Å². The van der Waals surface area contributed by atoms with Crippen LogP contribution in [0.25, 0.3) is 16.9 Å². The maximum atomic E-state index is 14.0. The van der Waals surface area contributed by atoms with Crippen LogP contribution in [0, 0.1) is 0 Å². The number of carbonyl (C=O) groups is 1. The second-order valence-corrected chi connectivity index (χ2v) is 8.54. The Kier molecular flexibility index (Phi) is 6.74. The monoisotopic (exact) mass is 437 g/mol. The Balaban J connectivity index is 1.85. The van der Waals surface area contributed by atoms with Gasteiger partial charge in [0.05, 0.1) is 22.5 Å². The number of para-hydroxylation sites is 1. The minimum atomic E-state index is -0.471. The third-order valence-corrected chi connectivity index (χ3v) is 6.14. The van der Waals surface area contributed by atoms with Gasteiger partial charge in [0.25, 0.3) is 5.91 Å². The predicted molar refractivity (Wildman–Crippen MR) is 135 cm³/mol. The van der Waals surface area contributed by atoms with Crippen LogP contribution in [0.2, 0.25) is 0 Å². The number of carbonyl (C=O) groups excluding carboxylic acids is 1. The summed E-state index contributed by atoms with van der Waals surface area (Å²) in [6, 6.07) is 30.2. The van der Waals surface area contributed by atoms with Gasteiger partial charge in [-0.15, -0.1) is 0 Å². The number of nitrogens with zero attached hydrogens (tertiary/aromatic N) is 2. The maximum Gasteiger partial charge on any atom is 0.256 e. The lowest BCUT2D eigenvalue weighted by Crippen LogP contribution is -2.43. The van der Waals surface area contributed by atoms with E-state index in [1.807, 2.05) is 83.5 Å². The highest BCUT2D eigenvalue weighted by molar-refractivity contribution is 6.01. The first-order valence-electron chi connectivity index (χ1n) is 11.7. The number of hydrogen-bond acceptors (Lipinski definition) is 2. The van der Waals surface area contributed by atoms with Crippen molar-refractivity contribution in [2.24, 2.45) is 0 Å². The number of nitrogens with one attached hydrogen (secondary N) is 1. The van der Waals surface area contributed by atoms with Crippen LogP contribution in [0.3, 0.4) is 0 Å². The molecule has 4 aromatic rings. The zero-order valence-corrected chi connectivity index (χ0v) is 19.6. The molecule has 0 saturated heterocycles. The fourth-order valence-electron chi connectivity index (χ4n) is 4.50. The van der Waals surface area contributed by atoms with Crippen molar-refractivity contribution in [3.8, 4) is 16.9 Å². The summed E-state index contributed by atoms with van der Waals surface area (Å²) in [4.78, 5) is 14.0. The Morgan fingerprint density at radius 3 is 2.03 bits per heavy atom. The fraction of sp³-hybridized carbons (Fsp3) is 0.241. The van der Waals surface area contributed by atoms with Crippen molar-refractivity contribution in [1.29, 1.82) is 0 Å². The van der Waals surface area contributed by atoms with Gasteiger partial charge >= 0.3 is 0 Å². The van der Waals surface area contributed by atoms with Crippen LogP contribution in [0.1, 0.15) is 55.2 Å². The van der Waals surface area contributed by atoms with Gasteiger partial charge in [0.2, 0.25) is 0 Å². The second-order valence-electron chi connectivity index (χ2n) is 8.54. The first-order chi connectivity index (χ1) is 16.1. The van der Waals surface area contributed by atoms with Gasteiger partial charge in [0, 0.05) is 5.56 Å². The summed E-state index contributed by atoms with van der Waals surface area (Å²) < 4.78 is 1.91. The van der Waals surface area contributed by atoms with E-state index in [2.05, 4.69) is 38.2 Å². The fourth-order valence-corrected chi connectivity index (χ4v) is 4.50. The van der Waals surface area contributed by atoms with E-state index in [4.69, 9.17) is 5.10 Å². The number of benzene rings is 3. The normalized spacial score (nSPS) is 12.8. The Hall–Kier alpha value is -3.66. The molecule has 4 heteroatoms. The van der Waals surface area contributed by atoms with Gasteiger partial charge in [-0.25, -0.2) is 4.68 Å². The molecular weight excluding hydrogens is 406 g/mol. The molecule has 0 radical (unpaired) electrons. The number of hydrogen-bond donors (Lipinski definition) is 1. The quantitative estimate of drug-likeness (QED) is 0.340. The number of rotatable bonds is 8. The molecule has 1 atom stereocenters. The van der Waals surface area contributed by atoms with E-state index in [9.17, 15) is 4.79 Å². The molecule has 33 heavy (non-hydrogen) atoms. The molecule has 1 heterocycles. The Labute approximate surface area is 196 Å². The molecular formula is C29H31N3O. The largest absolute Gasteiger partial charge is 0.343 e. The minimum absolute atomic E-state index is 0.0901. The Morgan fingerprint density at radius 2 is 1.45 bits per heavy atom. The summed E-state index contributed by atoms with van der Waals surface area (Å²) in [6.45, 7) is 6.33. The molecule has 1 unspecified atom stereocenters. The third kappa shape index (κ3) is 4.61. The summed E-state index contributed by atoms with van der Waals surface area (Å²) in [5.41, 5.74) is 4.78. The van der Waals surface area contributed by atoms with Gasteiger partial charge in [-0.05, 0) is 37.5 Å². The summed E-state index contributed by atoms with van der Waals surface area (Å²) in [6.07, 6.45) is 2.49. The molecule has 0 saturated carbocycles. The van der Waals surface area contributed by atoms with E-state index in [0.717, 1.165) is 35.3 Å². The average Bonchev–Trinajstić information content (AvgIpc) is 3.26. The minimum Gasteiger partial charge on any atom is -0.343 e. The van der Waals surface area contributed by atoms with E-state index in [1.165, 1.54) is 0 Å². The van der Waals surface area contributed by atoms with Gasteiger partial charge in [-0.3, -0.25) is 4.79 Å². The van der Waals surface area contributed by atoms with Crippen LogP contribution in [0.4, 0.5) is 0 Å². The zero-order valence-electron chi connectivity index (χ0n) is 19.6. The molecule has 0 bridgehead atoms. The van der Waals surface area contributed by atoms with Crippen molar-refractivity contribution >= 4 is 5.91 Å². The topological polar surface area (TPSA) is 46.9 Å². The lowest BCUT2D eigenvalue weighted by molar-refractivity contribution is 0.0899. The Bertz CT molecular complexity index is 1200. The van der Waals surface area contributed by atoms with Crippen LogP contribution in [0.15, 0.2) is 91.0 Å². The molecule has 1 aromatic heterocycles. The van der Waals surface area contributed by atoms with E-state index >= 15 is 0 Å². The summed E-state index contributed by atoms with van der Waals surface area (Å²) in [7, 11) is 0. The van der Waals surface area contributed by atoms with E-state index < -0.39 is 5.54 Å². The lowest BCUT2D eigenvalue weighted by atomic mass is 9.87. The predicted octanol–water partition coefficient (Wildman–Crippen LogP) is 6.55. The van der Waals surface area contributed by atoms with Gasteiger partial charge in [0.15, 0.2) is 0 Å². The highest BCUT2D eigenvalue weighted by Crippen LogP contribution is 2.31. The number of amides is 1. The van der Waals surface area contributed by atoms with Crippen LogP contribution in [0.5, 0.6) is 0 Å². The van der Waals surface area contributed by atoms with Crippen molar-refractivity contribution in [1.82, 2.24) is 15.1 Å². The maximum absolute atomic E-state index is 14.0. The standard InChI is InChI=1S/C29H31N3O/c1-4-21-29(3,23-17-11-7-12-18-23)30-28(33)26-25(5-2)32(24-19-13-8-14-20-24)31-27(26)22-15-9-6-10-16-22/h6-20H,4-5,21H2,1-3H3,(H,30,33). The van der Waals surface area contributed by atoms with Crippen molar-refractivity contribution in [2.45, 2.75) is 45.6 Å². The molecule has 0 aliphatic rings. The Morgan fingerprint density at radius 1 is 0.879 bits per heavy atom. The molecule has 1 amide bonds. The molecule has 0 aliphatic carbocycles. The zero-order chi connectivity index (χ0) is 23.3. The highest BCUT2D eigenvalue weighted by Gasteiger charge is 2.32. The summed E-state index contributed by atoms with van der Waals surface area (Å²) in [5.74, 6) is -0.0901. The molecule has 4 rings (SSSR count). The van der Waals surface area contributed by atoms with Crippen LogP contribution < -0.4 is 5.32 Å². The highest BCUT2D eigenvalue weighted by atomic mass is 16.1.